The first-order valence-electron chi connectivity index (χ1n) is 13.7. The first-order chi connectivity index (χ1) is 20.5. The van der Waals surface area contributed by atoms with Crippen molar-refractivity contribution in [2.45, 2.75) is 50.4 Å². The van der Waals surface area contributed by atoms with Gasteiger partial charge in [-0.1, -0.05) is 30.7 Å². The van der Waals surface area contributed by atoms with Crippen LogP contribution in [0, 0.1) is 22.7 Å². The maximum absolute atomic E-state index is 12.4. The molecule has 0 unspecified atom stereocenters. The molecule has 2 N–H and O–H groups in total. The van der Waals surface area contributed by atoms with E-state index in [9.17, 15) is 9.59 Å². The molecule has 1 fully saturated rings. The van der Waals surface area contributed by atoms with E-state index in [4.69, 9.17) is 10.5 Å². The summed E-state index contributed by atoms with van der Waals surface area (Å²) >= 11 is 0. The van der Waals surface area contributed by atoms with Gasteiger partial charge in [0.05, 0.1) is 47.5 Å². The van der Waals surface area contributed by atoms with E-state index in [0.29, 0.717) is 22.8 Å². The molecule has 0 bridgehead atoms. The summed E-state index contributed by atoms with van der Waals surface area (Å²) in [5, 5.41) is 40.9. The van der Waals surface area contributed by atoms with Gasteiger partial charge in [0, 0.05) is 11.8 Å². The van der Waals surface area contributed by atoms with Crippen LogP contribution in [0.25, 0.3) is 0 Å². The monoisotopic (exact) mass is 556 g/mol. The summed E-state index contributed by atoms with van der Waals surface area (Å²) in [4.78, 5) is 24.9. The summed E-state index contributed by atoms with van der Waals surface area (Å²) in [6.45, 7) is 0. The second kappa shape index (κ2) is 13.2. The van der Waals surface area contributed by atoms with E-state index in [1.54, 1.807) is 60.7 Å². The number of nitriles is 2. The molecule has 2 aromatic carbocycles. The lowest BCUT2D eigenvalue weighted by Gasteiger charge is -2.28. The number of hydrogen-bond donors (Lipinski definition) is 2. The zero-order chi connectivity index (χ0) is 29.3. The Morgan fingerprint density at radius 1 is 0.690 bits per heavy atom. The lowest BCUT2D eigenvalue weighted by Crippen LogP contribution is -2.18. The Labute approximate surface area is 243 Å². The van der Waals surface area contributed by atoms with E-state index < -0.39 is 0 Å². The van der Waals surface area contributed by atoms with E-state index in [-0.39, 0.29) is 36.5 Å². The SMILES string of the molecule is N#Cc1cccc(CC(=O)Nc2ccc([C@H]3CCC[C@H](c4ccc(NC(=O)Cc5cccc(C#N)c5)nn4)C3)nn2)c1. The fourth-order valence-corrected chi connectivity index (χ4v) is 5.23. The normalized spacial score (nSPS) is 16.0. The lowest BCUT2D eigenvalue weighted by molar-refractivity contribution is -0.116. The van der Waals surface area contributed by atoms with Crippen molar-refractivity contribution < 1.29 is 9.59 Å². The number of aromatic nitrogens is 4. The van der Waals surface area contributed by atoms with Crippen molar-refractivity contribution in [2.75, 3.05) is 10.6 Å². The molecule has 5 rings (SSSR count). The number of carbonyl (C=O) groups is 2. The van der Waals surface area contributed by atoms with Crippen LogP contribution in [-0.2, 0) is 22.4 Å². The van der Waals surface area contributed by atoms with Gasteiger partial charge >= 0.3 is 0 Å². The summed E-state index contributed by atoms with van der Waals surface area (Å²) in [5.74, 6) is 0.732. The molecule has 42 heavy (non-hydrogen) atoms. The minimum absolute atomic E-state index is 0.142. The van der Waals surface area contributed by atoms with Crippen molar-refractivity contribution in [1.82, 2.24) is 20.4 Å². The molecule has 10 nitrogen and oxygen atoms in total. The molecule has 0 saturated heterocycles. The highest BCUT2D eigenvalue weighted by atomic mass is 16.2. The average Bonchev–Trinajstić information content (AvgIpc) is 3.02. The Balaban J connectivity index is 1.14. The predicted molar refractivity (Wildman–Crippen MR) is 155 cm³/mol. The Morgan fingerprint density at radius 3 is 1.57 bits per heavy atom. The third-order valence-corrected chi connectivity index (χ3v) is 7.26. The van der Waals surface area contributed by atoms with Crippen LogP contribution in [0.2, 0.25) is 0 Å². The first kappa shape index (κ1) is 28.1. The Kier molecular flexibility index (Phi) is 8.85. The largest absolute Gasteiger partial charge is 0.309 e. The van der Waals surface area contributed by atoms with Gasteiger partial charge in [0.15, 0.2) is 11.6 Å². The summed E-state index contributed by atoms with van der Waals surface area (Å²) < 4.78 is 0. The fourth-order valence-electron chi connectivity index (χ4n) is 5.23. The Hall–Kier alpha value is -5.48. The molecule has 208 valence electrons. The van der Waals surface area contributed by atoms with Gasteiger partial charge < -0.3 is 10.6 Å². The molecule has 0 radical (unpaired) electrons. The molecule has 4 aromatic rings. The molecule has 0 aliphatic heterocycles. The van der Waals surface area contributed by atoms with Crippen molar-refractivity contribution in [3.8, 4) is 12.1 Å². The van der Waals surface area contributed by atoms with E-state index in [2.05, 4.69) is 43.2 Å². The van der Waals surface area contributed by atoms with Crippen LogP contribution in [0.4, 0.5) is 11.6 Å². The number of nitrogens with one attached hydrogen (secondary N) is 2. The molecular formula is C32H28N8O2. The maximum Gasteiger partial charge on any atom is 0.229 e. The number of amides is 2. The molecule has 1 aliphatic rings. The van der Waals surface area contributed by atoms with Crippen molar-refractivity contribution in [1.29, 1.82) is 10.5 Å². The molecule has 10 heteroatoms. The quantitative estimate of drug-likeness (QED) is 0.313. The predicted octanol–water partition coefficient (Wildman–Crippen LogP) is 4.81. The topological polar surface area (TPSA) is 157 Å². The van der Waals surface area contributed by atoms with Gasteiger partial charge in [0.2, 0.25) is 11.8 Å². The average molecular weight is 557 g/mol. The fraction of sp³-hybridized carbons (Fsp3) is 0.250. The van der Waals surface area contributed by atoms with Gasteiger partial charge in [-0.15, -0.1) is 10.2 Å². The third-order valence-electron chi connectivity index (χ3n) is 7.26. The summed E-state index contributed by atoms with van der Waals surface area (Å²) in [5.41, 5.74) is 4.28. The standard InChI is InChI=1S/C32H28N8O2/c33-19-23-6-1-4-21(14-23)16-31(41)35-29-12-10-27(37-39-29)25-8-3-9-26(18-25)28-11-13-30(40-38-28)36-32(42)17-22-5-2-7-24(15-22)20-34/h1-2,4-7,10-15,25-26H,3,8-9,16-18H2,(H,35,39,41)(H,36,40,42)/t25-,26-/m0/s1. The molecule has 2 aromatic heterocycles. The highest BCUT2D eigenvalue weighted by Crippen LogP contribution is 2.40. The highest BCUT2D eigenvalue weighted by molar-refractivity contribution is 5.91. The van der Waals surface area contributed by atoms with Gasteiger partial charge in [-0.2, -0.15) is 20.7 Å². The van der Waals surface area contributed by atoms with Crippen LogP contribution in [0.15, 0.2) is 72.8 Å². The molecule has 0 spiro atoms. The van der Waals surface area contributed by atoms with E-state index >= 15 is 0 Å². The van der Waals surface area contributed by atoms with Crippen molar-refractivity contribution in [3.05, 3.63) is 106 Å². The summed E-state index contributed by atoms with van der Waals surface area (Å²) in [6.07, 6.45) is 4.12. The lowest BCUT2D eigenvalue weighted by atomic mass is 9.78. The number of carbonyl (C=O) groups excluding carboxylic acids is 2. The van der Waals surface area contributed by atoms with Crippen LogP contribution < -0.4 is 10.6 Å². The van der Waals surface area contributed by atoms with E-state index in [0.717, 1.165) is 48.2 Å². The molecular weight excluding hydrogens is 528 g/mol. The van der Waals surface area contributed by atoms with Crippen molar-refractivity contribution >= 4 is 23.5 Å². The van der Waals surface area contributed by atoms with Crippen molar-refractivity contribution in [2.24, 2.45) is 0 Å². The molecule has 1 aliphatic carbocycles. The minimum atomic E-state index is -0.226. The van der Waals surface area contributed by atoms with Gasteiger partial charge in [-0.3, -0.25) is 9.59 Å². The van der Waals surface area contributed by atoms with Gasteiger partial charge in [0.1, 0.15) is 0 Å². The van der Waals surface area contributed by atoms with Crippen LogP contribution in [0.1, 0.15) is 71.2 Å². The molecule has 2 atom stereocenters. The second-order valence-corrected chi connectivity index (χ2v) is 10.3. The van der Waals surface area contributed by atoms with E-state index in [1.807, 2.05) is 12.1 Å². The smallest absolute Gasteiger partial charge is 0.229 e. The number of nitrogens with zero attached hydrogens (tertiary/aromatic N) is 6. The highest BCUT2D eigenvalue weighted by Gasteiger charge is 2.27. The Morgan fingerprint density at radius 2 is 1.17 bits per heavy atom. The number of benzene rings is 2. The molecule has 2 heterocycles. The van der Waals surface area contributed by atoms with Gasteiger partial charge in [-0.25, -0.2) is 0 Å². The van der Waals surface area contributed by atoms with Gasteiger partial charge in [0.25, 0.3) is 0 Å². The van der Waals surface area contributed by atoms with Crippen molar-refractivity contribution in [3.63, 3.8) is 0 Å². The van der Waals surface area contributed by atoms with Crippen LogP contribution >= 0.6 is 0 Å². The third kappa shape index (κ3) is 7.38. The van der Waals surface area contributed by atoms with Crippen LogP contribution in [0.3, 0.4) is 0 Å². The first-order valence-corrected chi connectivity index (χ1v) is 13.7. The zero-order valence-electron chi connectivity index (χ0n) is 22.8. The summed E-state index contributed by atoms with van der Waals surface area (Å²) in [6, 6.07) is 25.4. The number of rotatable bonds is 8. The second-order valence-electron chi connectivity index (χ2n) is 10.3. The van der Waals surface area contributed by atoms with E-state index in [1.165, 1.54) is 0 Å². The molecule has 2 amide bonds. The minimum Gasteiger partial charge on any atom is -0.309 e. The molecule has 1 saturated carbocycles. The maximum atomic E-state index is 12.4. The number of anilines is 2. The Bertz CT molecular complexity index is 1530. The number of hydrogen-bond acceptors (Lipinski definition) is 8. The van der Waals surface area contributed by atoms with Gasteiger partial charge in [-0.05, 0) is 78.9 Å². The summed E-state index contributed by atoms with van der Waals surface area (Å²) in [7, 11) is 0. The van der Waals surface area contributed by atoms with Crippen LogP contribution in [-0.4, -0.2) is 32.2 Å². The van der Waals surface area contributed by atoms with Crippen LogP contribution in [0.5, 0.6) is 0 Å². The zero-order valence-corrected chi connectivity index (χ0v) is 22.8.